The molecule has 1 aliphatic carbocycles. The molecule has 14 nitrogen and oxygen atoms in total. The van der Waals surface area contributed by atoms with E-state index >= 15 is 0 Å². The molecule has 4 N–H and O–H groups in total. The first-order valence-corrected chi connectivity index (χ1v) is 18.7. The predicted octanol–water partition coefficient (Wildman–Crippen LogP) is 5.04. The minimum atomic E-state index is -0.844. The summed E-state index contributed by atoms with van der Waals surface area (Å²) >= 11 is 0. The third kappa shape index (κ3) is 6.44. The summed E-state index contributed by atoms with van der Waals surface area (Å²) in [6.45, 7) is 2.18. The summed E-state index contributed by atoms with van der Waals surface area (Å²) in [6, 6.07) is 14.1. The zero-order chi connectivity index (χ0) is 38.3. The second-order valence-corrected chi connectivity index (χ2v) is 14.5. The first-order chi connectivity index (χ1) is 26.7. The maximum Gasteiger partial charge on any atom is 0.407 e. The van der Waals surface area contributed by atoms with Crippen molar-refractivity contribution in [2.24, 2.45) is 0 Å². The summed E-state index contributed by atoms with van der Waals surface area (Å²) < 4.78 is 9.56. The van der Waals surface area contributed by atoms with Crippen LogP contribution in [0.25, 0.3) is 0 Å². The minimum Gasteiger partial charge on any atom is -0.453 e. The van der Waals surface area contributed by atoms with E-state index in [0.717, 1.165) is 40.2 Å². The number of hydrogen-bond donors (Lipinski definition) is 4. The van der Waals surface area contributed by atoms with E-state index in [-0.39, 0.29) is 23.8 Å². The van der Waals surface area contributed by atoms with Crippen molar-refractivity contribution in [3.8, 4) is 0 Å². The number of alkyl carbamates (subject to hydrolysis) is 2. The Kier molecular flexibility index (Phi) is 9.49. The van der Waals surface area contributed by atoms with E-state index < -0.39 is 35.7 Å². The van der Waals surface area contributed by atoms with E-state index in [9.17, 15) is 19.2 Å². The quantitative estimate of drug-likeness (QED) is 0.182. The normalized spacial score (nSPS) is 24.6. The number of para-hydroxylation sites is 1. The molecule has 0 bridgehead atoms. The lowest BCUT2D eigenvalue weighted by molar-refractivity contribution is -0.134. The van der Waals surface area contributed by atoms with Crippen LogP contribution in [0.5, 0.6) is 0 Å². The van der Waals surface area contributed by atoms with Gasteiger partial charge in [-0.15, -0.1) is 0 Å². The highest BCUT2D eigenvalue weighted by atomic mass is 16.5. The number of likely N-dealkylation sites (tertiary alicyclic amines) is 1. The van der Waals surface area contributed by atoms with E-state index in [0.29, 0.717) is 43.9 Å². The van der Waals surface area contributed by atoms with Gasteiger partial charge < -0.3 is 35.0 Å². The Morgan fingerprint density at radius 3 is 2.24 bits per heavy atom. The van der Waals surface area contributed by atoms with Crippen LogP contribution in [0, 0.1) is 0 Å². The fraction of sp³-hybridized carbons (Fsp3) is 0.366. The number of benzene rings is 2. The Labute approximate surface area is 318 Å². The molecular formula is C41H44N8O6. The molecule has 4 atom stereocenters. The lowest BCUT2D eigenvalue weighted by atomic mass is 9.75. The van der Waals surface area contributed by atoms with Crippen molar-refractivity contribution in [3.05, 3.63) is 125 Å². The molecule has 4 amide bonds. The molecular weight excluding hydrogens is 701 g/mol. The Bertz CT molecular complexity index is 2160. The van der Waals surface area contributed by atoms with Gasteiger partial charge >= 0.3 is 12.2 Å². The second kappa shape index (κ2) is 14.6. The lowest BCUT2D eigenvalue weighted by Crippen LogP contribution is -2.48. The maximum atomic E-state index is 14.2. The number of nitrogens with one attached hydrogen (secondary N) is 4. The monoisotopic (exact) mass is 744 g/mol. The molecule has 0 radical (unpaired) electrons. The van der Waals surface area contributed by atoms with Crippen LogP contribution in [0.1, 0.15) is 83.9 Å². The summed E-state index contributed by atoms with van der Waals surface area (Å²) in [5.74, 6) is 0.891. The van der Waals surface area contributed by atoms with E-state index in [1.54, 1.807) is 16.7 Å². The van der Waals surface area contributed by atoms with Crippen LogP contribution < -0.4 is 15.5 Å². The van der Waals surface area contributed by atoms with Crippen LogP contribution in [0.2, 0.25) is 0 Å². The number of H-pyrrole nitrogens is 2. The fourth-order valence-corrected chi connectivity index (χ4v) is 8.51. The van der Waals surface area contributed by atoms with Gasteiger partial charge in [-0.25, -0.2) is 19.6 Å². The molecule has 55 heavy (non-hydrogen) atoms. The number of aromatic amines is 2. The number of allylic oxidation sites excluding steroid dienone is 4. The molecule has 8 rings (SSSR count). The van der Waals surface area contributed by atoms with Crippen molar-refractivity contribution in [1.82, 2.24) is 35.5 Å². The molecule has 1 fully saturated rings. The number of amides is 4. The van der Waals surface area contributed by atoms with Crippen molar-refractivity contribution in [3.63, 3.8) is 0 Å². The molecule has 2 aromatic heterocycles. The molecule has 0 saturated carbocycles. The van der Waals surface area contributed by atoms with E-state index in [1.807, 2.05) is 48.8 Å². The van der Waals surface area contributed by atoms with E-state index in [2.05, 4.69) is 57.0 Å². The largest absolute Gasteiger partial charge is 0.453 e. The van der Waals surface area contributed by atoms with Gasteiger partial charge in [0.15, 0.2) is 0 Å². The van der Waals surface area contributed by atoms with Crippen LogP contribution >= 0.6 is 0 Å². The summed E-state index contributed by atoms with van der Waals surface area (Å²) in [7, 11) is 2.55. The summed E-state index contributed by atoms with van der Waals surface area (Å²) in [6.07, 6.45) is 14.1. The van der Waals surface area contributed by atoms with Crippen LogP contribution in [-0.2, 0) is 37.3 Å². The zero-order valence-corrected chi connectivity index (χ0v) is 31.0. The highest BCUT2D eigenvalue weighted by Crippen LogP contribution is 2.46. The molecule has 4 aliphatic rings. The number of hydrogen-bond acceptors (Lipinski definition) is 8. The van der Waals surface area contributed by atoms with Gasteiger partial charge in [-0.3, -0.25) is 14.5 Å². The molecule has 14 heteroatoms. The van der Waals surface area contributed by atoms with Crippen molar-refractivity contribution >= 4 is 29.7 Å². The molecule has 0 spiro atoms. The third-order valence-corrected chi connectivity index (χ3v) is 11.3. The topological polar surface area (TPSA) is 175 Å². The summed E-state index contributed by atoms with van der Waals surface area (Å²) in [4.78, 5) is 72.4. The number of carbonyl (C=O) groups excluding carboxylic acids is 4. The SMILES string of the molecule is COC(=O)N[C@@H](C)C(=O)N1CCC[C@H]1c1ncc(C2(c3cnc([C@@H]4Cc5cccc6c5N4C(=O)[C@@H](NC(=O)OC)CC6)[nH]3)C=CC(c3ccccc3)C=C2)[nH]1. The molecule has 3 aliphatic heterocycles. The fourth-order valence-electron chi connectivity index (χ4n) is 8.51. The number of anilines is 1. The predicted molar refractivity (Wildman–Crippen MR) is 202 cm³/mol. The van der Waals surface area contributed by atoms with Crippen molar-refractivity contribution in [2.45, 2.75) is 74.5 Å². The lowest BCUT2D eigenvalue weighted by Gasteiger charge is -2.30. The second-order valence-electron chi connectivity index (χ2n) is 14.5. The van der Waals surface area contributed by atoms with Crippen LogP contribution in [0.4, 0.5) is 15.3 Å². The number of carbonyl (C=O) groups is 4. The average Bonchev–Trinajstić information content (AvgIpc) is 4.04. The Morgan fingerprint density at radius 1 is 0.873 bits per heavy atom. The number of methoxy groups -OCH3 is 2. The summed E-state index contributed by atoms with van der Waals surface area (Å²) in [5, 5.41) is 5.33. The third-order valence-electron chi connectivity index (χ3n) is 11.3. The van der Waals surface area contributed by atoms with Crippen LogP contribution in [-0.4, -0.2) is 81.7 Å². The number of rotatable bonds is 8. The number of imidazole rings is 2. The van der Waals surface area contributed by atoms with E-state index in [1.165, 1.54) is 14.2 Å². The number of ether oxygens (including phenoxy) is 2. The van der Waals surface area contributed by atoms with Gasteiger partial charge in [0.25, 0.3) is 0 Å². The first-order valence-electron chi connectivity index (χ1n) is 18.7. The van der Waals surface area contributed by atoms with Gasteiger partial charge in [0.1, 0.15) is 23.7 Å². The molecule has 284 valence electrons. The Hall–Kier alpha value is -6.18. The molecule has 2 aromatic carbocycles. The smallest absolute Gasteiger partial charge is 0.407 e. The Morgan fingerprint density at radius 2 is 1.55 bits per heavy atom. The minimum absolute atomic E-state index is 0.0440. The van der Waals surface area contributed by atoms with Crippen LogP contribution in [0.3, 0.4) is 0 Å². The first kappa shape index (κ1) is 35.8. The number of aryl methyl sites for hydroxylation is 1. The van der Waals surface area contributed by atoms with Crippen molar-refractivity contribution in [2.75, 3.05) is 25.7 Å². The maximum absolute atomic E-state index is 14.2. The molecule has 0 unspecified atom stereocenters. The van der Waals surface area contributed by atoms with Gasteiger partial charge in [0, 0.05) is 31.3 Å². The number of nitrogens with zero attached hydrogens (tertiary/aromatic N) is 4. The van der Waals surface area contributed by atoms with Gasteiger partial charge in [-0.1, -0.05) is 72.8 Å². The van der Waals surface area contributed by atoms with Gasteiger partial charge in [-0.2, -0.15) is 0 Å². The highest BCUT2D eigenvalue weighted by Gasteiger charge is 2.44. The molecule has 5 heterocycles. The van der Waals surface area contributed by atoms with Crippen molar-refractivity contribution in [1.29, 1.82) is 0 Å². The molecule has 4 aromatic rings. The molecule has 1 saturated heterocycles. The summed E-state index contributed by atoms with van der Waals surface area (Å²) in [5.41, 5.74) is 4.85. The van der Waals surface area contributed by atoms with E-state index in [4.69, 9.17) is 19.4 Å². The zero-order valence-electron chi connectivity index (χ0n) is 31.0. The average molecular weight is 745 g/mol. The Balaban J connectivity index is 1.14. The number of aromatic nitrogens is 4. The highest BCUT2D eigenvalue weighted by molar-refractivity contribution is 6.02. The van der Waals surface area contributed by atoms with Gasteiger partial charge in [-0.05, 0) is 49.3 Å². The van der Waals surface area contributed by atoms with Gasteiger partial charge in [0.05, 0.1) is 48.8 Å². The standard InChI is InChI=1S/C41H44N8O6/c1-24(44-39(52)54-2)37(50)48-20-8-13-30(48)35-42-22-32(46-35)41(18-16-26(17-19-41)25-9-5-4-6-10-25)33-23-43-36(47-33)31-21-28-12-7-11-27-14-15-29(45-40(53)55-3)38(51)49(31)34(27)28/h4-7,9-12,16-19,22-24,26,29-31H,8,13-15,20-21H2,1-3H3,(H,42,46)(H,43,47)(H,44,52)(H,45,53)/t24-,26?,29-,30-,31-,41?/m0/s1. The van der Waals surface area contributed by atoms with Gasteiger partial charge in [0.2, 0.25) is 11.8 Å². The van der Waals surface area contributed by atoms with Crippen LogP contribution in [0.15, 0.2) is 85.2 Å². The van der Waals surface area contributed by atoms with Crippen molar-refractivity contribution < 1.29 is 28.7 Å².